The number of carbonyl (C=O) groups excluding carboxylic acids is 1. The average molecular weight is 279 g/mol. The van der Waals surface area contributed by atoms with Gasteiger partial charge in [-0.15, -0.1) is 0 Å². The van der Waals surface area contributed by atoms with Crippen LogP contribution in [0, 0.1) is 0 Å². The number of aryl methyl sites for hydroxylation is 1. The quantitative estimate of drug-likeness (QED) is 0.790. The maximum absolute atomic E-state index is 12.7. The molecule has 1 aromatic carbocycles. The van der Waals surface area contributed by atoms with Crippen molar-refractivity contribution in [3.63, 3.8) is 0 Å². The first-order chi connectivity index (χ1) is 9.44. The van der Waals surface area contributed by atoms with Gasteiger partial charge in [0.2, 0.25) is 0 Å². The Bertz CT molecular complexity index is 635. The van der Waals surface area contributed by atoms with Crippen molar-refractivity contribution >= 4 is 6.29 Å². The maximum atomic E-state index is 12.7. The highest BCUT2D eigenvalue weighted by Gasteiger charge is 2.31. The molecule has 0 amide bonds. The van der Waals surface area contributed by atoms with Crippen LogP contribution in [0.15, 0.2) is 36.7 Å². The number of benzene rings is 1. The summed E-state index contributed by atoms with van der Waals surface area (Å²) >= 11 is 0. The monoisotopic (exact) mass is 279 g/mol. The van der Waals surface area contributed by atoms with Crippen LogP contribution in [-0.2, 0) is 12.6 Å². The molecular formula is C15H12F3NO. The van der Waals surface area contributed by atoms with Gasteiger partial charge in [-0.1, -0.05) is 13.0 Å². The molecular weight excluding hydrogens is 267 g/mol. The molecule has 0 bridgehead atoms. The van der Waals surface area contributed by atoms with Gasteiger partial charge in [0, 0.05) is 23.5 Å². The van der Waals surface area contributed by atoms with Crippen LogP contribution in [0.3, 0.4) is 0 Å². The van der Waals surface area contributed by atoms with E-state index < -0.39 is 11.7 Å². The molecule has 5 heteroatoms. The summed E-state index contributed by atoms with van der Waals surface area (Å²) < 4.78 is 38.0. The number of hydrogen-bond donors (Lipinski definition) is 0. The van der Waals surface area contributed by atoms with E-state index in [1.807, 2.05) is 6.92 Å². The van der Waals surface area contributed by atoms with Gasteiger partial charge in [-0.25, -0.2) is 0 Å². The first-order valence-corrected chi connectivity index (χ1v) is 6.06. The van der Waals surface area contributed by atoms with Gasteiger partial charge in [0.05, 0.1) is 5.56 Å². The molecule has 0 radical (unpaired) electrons. The molecule has 2 nitrogen and oxygen atoms in total. The van der Waals surface area contributed by atoms with E-state index in [0.717, 1.165) is 17.8 Å². The van der Waals surface area contributed by atoms with Gasteiger partial charge < -0.3 is 0 Å². The second-order valence-electron chi connectivity index (χ2n) is 4.39. The molecule has 1 heterocycles. The zero-order chi connectivity index (χ0) is 14.8. The molecule has 0 saturated heterocycles. The van der Waals surface area contributed by atoms with E-state index in [1.54, 1.807) is 18.2 Å². The van der Waals surface area contributed by atoms with Gasteiger partial charge in [-0.3, -0.25) is 9.78 Å². The molecule has 0 aliphatic rings. The van der Waals surface area contributed by atoms with Gasteiger partial charge in [0.1, 0.15) is 6.29 Å². The molecule has 0 fully saturated rings. The summed E-state index contributed by atoms with van der Waals surface area (Å²) in [5, 5.41) is 0. The Balaban J connectivity index is 2.53. The minimum absolute atomic E-state index is 0.346. The predicted octanol–water partition coefficient (Wildman–Crippen LogP) is 4.14. The Morgan fingerprint density at radius 3 is 2.45 bits per heavy atom. The van der Waals surface area contributed by atoms with Crippen molar-refractivity contribution in [3.05, 3.63) is 53.3 Å². The van der Waals surface area contributed by atoms with Crippen molar-refractivity contribution < 1.29 is 18.0 Å². The van der Waals surface area contributed by atoms with Gasteiger partial charge >= 0.3 is 6.18 Å². The van der Waals surface area contributed by atoms with E-state index in [9.17, 15) is 18.0 Å². The van der Waals surface area contributed by atoms with E-state index in [4.69, 9.17) is 0 Å². The van der Waals surface area contributed by atoms with Crippen molar-refractivity contribution in [2.75, 3.05) is 0 Å². The number of carbonyl (C=O) groups is 1. The fourth-order valence-electron chi connectivity index (χ4n) is 1.91. The first-order valence-electron chi connectivity index (χ1n) is 6.06. The van der Waals surface area contributed by atoms with Crippen molar-refractivity contribution in [2.24, 2.45) is 0 Å². The smallest absolute Gasteiger partial charge is 0.298 e. The number of nitrogens with zero attached hydrogens (tertiary/aromatic N) is 1. The largest absolute Gasteiger partial charge is 0.417 e. The van der Waals surface area contributed by atoms with Crippen molar-refractivity contribution in [3.8, 4) is 11.1 Å². The zero-order valence-electron chi connectivity index (χ0n) is 10.7. The molecule has 2 aromatic rings. The fourth-order valence-corrected chi connectivity index (χ4v) is 1.91. The summed E-state index contributed by atoms with van der Waals surface area (Å²) in [5.74, 6) is 0. The SMILES string of the molecule is CCc1cc(C=O)cc(-c2cncc(C(F)(F)F)c2)c1. The zero-order valence-corrected chi connectivity index (χ0v) is 10.7. The Labute approximate surface area is 114 Å². The lowest BCUT2D eigenvalue weighted by Crippen LogP contribution is -2.05. The molecule has 0 aliphatic heterocycles. The van der Waals surface area contributed by atoms with Gasteiger partial charge in [0.25, 0.3) is 0 Å². The van der Waals surface area contributed by atoms with E-state index in [0.29, 0.717) is 29.4 Å². The lowest BCUT2D eigenvalue weighted by atomic mass is 9.99. The van der Waals surface area contributed by atoms with Crippen LogP contribution >= 0.6 is 0 Å². The summed E-state index contributed by atoms with van der Waals surface area (Å²) in [6, 6.07) is 6.08. The maximum Gasteiger partial charge on any atom is 0.417 e. The molecule has 20 heavy (non-hydrogen) atoms. The molecule has 2 rings (SSSR count). The van der Waals surface area contributed by atoms with Gasteiger partial charge in [-0.2, -0.15) is 13.2 Å². The minimum atomic E-state index is -4.43. The van der Waals surface area contributed by atoms with Crippen LogP contribution in [0.4, 0.5) is 13.2 Å². The van der Waals surface area contributed by atoms with E-state index in [-0.39, 0.29) is 0 Å². The summed E-state index contributed by atoms with van der Waals surface area (Å²) in [4.78, 5) is 14.5. The molecule has 1 aromatic heterocycles. The summed E-state index contributed by atoms with van der Waals surface area (Å²) in [6.45, 7) is 1.91. The molecule has 0 saturated carbocycles. The number of aldehydes is 1. The van der Waals surface area contributed by atoms with E-state index in [1.165, 1.54) is 6.20 Å². The normalized spacial score (nSPS) is 11.4. The third kappa shape index (κ3) is 3.04. The summed E-state index contributed by atoms with van der Waals surface area (Å²) in [7, 11) is 0. The van der Waals surface area contributed by atoms with Crippen LogP contribution in [0.5, 0.6) is 0 Å². The minimum Gasteiger partial charge on any atom is -0.298 e. The van der Waals surface area contributed by atoms with Gasteiger partial charge in [0.15, 0.2) is 0 Å². The van der Waals surface area contributed by atoms with Gasteiger partial charge in [-0.05, 0) is 35.7 Å². The number of aromatic nitrogens is 1. The molecule has 0 N–H and O–H groups in total. The Kier molecular flexibility index (Phi) is 3.88. The van der Waals surface area contributed by atoms with Crippen LogP contribution < -0.4 is 0 Å². The third-order valence-corrected chi connectivity index (χ3v) is 2.96. The fraction of sp³-hybridized carbons (Fsp3) is 0.200. The molecule has 0 unspecified atom stereocenters. The number of rotatable bonds is 3. The molecule has 0 atom stereocenters. The summed E-state index contributed by atoms with van der Waals surface area (Å²) in [6.07, 6.45) is -0.907. The molecule has 0 aliphatic carbocycles. The third-order valence-electron chi connectivity index (χ3n) is 2.96. The first kappa shape index (κ1) is 14.2. The standard InChI is InChI=1S/C15H12F3NO/c1-2-10-3-11(9-20)5-12(4-10)13-6-14(8-19-7-13)15(16,17)18/h3-9H,2H2,1H3. The van der Waals surface area contributed by atoms with Crippen molar-refractivity contribution in [1.82, 2.24) is 4.98 Å². The number of alkyl halides is 3. The lowest BCUT2D eigenvalue weighted by molar-refractivity contribution is -0.137. The Morgan fingerprint density at radius 2 is 1.85 bits per heavy atom. The number of hydrogen-bond acceptors (Lipinski definition) is 2. The highest BCUT2D eigenvalue weighted by Crippen LogP contribution is 2.31. The van der Waals surface area contributed by atoms with E-state index >= 15 is 0 Å². The highest BCUT2D eigenvalue weighted by atomic mass is 19.4. The summed E-state index contributed by atoms with van der Waals surface area (Å²) in [5.41, 5.74) is 1.44. The molecule has 104 valence electrons. The Hall–Kier alpha value is -2.17. The van der Waals surface area contributed by atoms with Crippen molar-refractivity contribution in [1.29, 1.82) is 0 Å². The lowest BCUT2D eigenvalue weighted by Gasteiger charge is -2.09. The number of halogens is 3. The van der Waals surface area contributed by atoms with Crippen molar-refractivity contribution in [2.45, 2.75) is 19.5 Å². The number of pyridine rings is 1. The second-order valence-corrected chi connectivity index (χ2v) is 4.39. The van der Waals surface area contributed by atoms with Crippen LogP contribution in [0.2, 0.25) is 0 Å². The van der Waals surface area contributed by atoms with Crippen LogP contribution in [0.25, 0.3) is 11.1 Å². The molecule has 0 spiro atoms. The average Bonchev–Trinajstić information content (AvgIpc) is 2.46. The topological polar surface area (TPSA) is 30.0 Å². The Morgan fingerprint density at radius 1 is 1.10 bits per heavy atom. The second kappa shape index (κ2) is 5.45. The van der Waals surface area contributed by atoms with E-state index in [2.05, 4.69) is 4.98 Å². The predicted molar refractivity (Wildman–Crippen MR) is 69.4 cm³/mol. The van der Waals surface area contributed by atoms with Crippen LogP contribution in [0.1, 0.15) is 28.4 Å². The van der Waals surface area contributed by atoms with Crippen LogP contribution in [-0.4, -0.2) is 11.3 Å². The highest BCUT2D eigenvalue weighted by molar-refractivity contribution is 5.79.